The van der Waals surface area contributed by atoms with Crippen LogP contribution in [0.5, 0.6) is 5.75 Å². The summed E-state index contributed by atoms with van der Waals surface area (Å²) in [5.41, 5.74) is 0.727. The van der Waals surface area contributed by atoms with E-state index in [0.29, 0.717) is 10.9 Å². The quantitative estimate of drug-likeness (QED) is 0.629. The lowest BCUT2D eigenvalue weighted by molar-refractivity contribution is 0.135. The molecule has 0 saturated heterocycles. The number of halogens is 2. The SMILES string of the molecule is COc1cccc(/C=N/n2c(SC)nnc2C(F)F)c1. The molecule has 0 bridgehead atoms. The molecule has 2 rings (SSSR count). The summed E-state index contributed by atoms with van der Waals surface area (Å²) in [5, 5.41) is 11.4. The fourth-order valence-corrected chi connectivity index (χ4v) is 1.93. The summed E-state index contributed by atoms with van der Waals surface area (Å²) in [6.45, 7) is 0. The van der Waals surface area contributed by atoms with Crippen LogP contribution in [0.25, 0.3) is 0 Å². The van der Waals surface area contributed by atoms with Gasteiger partial charge in [0.2, 0.25) is 11.0 Å². The zero-order chi connectivity index (χ0) is 14.5. The molecule has 1 aromatic carbocycles. The fourth-order valence-electron chi connectivity index (χ4n) is 1.49. The van der Waals surface area contributed by atoms with Crippen molar-refractivity contribution in [2.75, 3.05) is 13.4 Å². The molecule has 0 aliphatic rings. The van der Waals surface area contributed by atoms with Crippen LogP contribution < -0.4 is 4.74 Å². The van der Waals surface area contributed by atoms with E-state index in [0.717, 1.165) is 10.2 Å². The molecule has 1 aromatic heterocycles. The molecular formula is C12H12F2N4OS. The molecule has 0 fully saturated rings. The Kier molecular flexibility index (Phi) is 4.67. The van der Waals surface area contributed by atoms with Crippen LogP contribution in [-0.2, 0) is 0 Å². The Hall–Kier alpha value is -1.96. The number of thioether (sulfide) groups is 1. The number of methoxy groups -OCH3 is 1. The summed E-state index contributed by atoms with van der Waals surface area (Å²) in [7, 11) is 1.55. The number of hydrogen-bond donors (Lipinski definition) is 0. The highest BCUT2D eigenvalue weighted by molar-refractivity contribution is 7.98. The third-order valence-corrected chi connectivity index (χ3v) is 3.05. The highest BCUT2D eigenvalue weighted by Crippen LogP contribution is 2.21. The van der Waals surface area contributed by atoms with Crippen LogP contribution in [0.15, 0.2) is 34.5 Å². The Morgan fingerprint density at radius 2 is 2.20 bits per heavy atom. The molecule has 106 valence electrons. The first kappa shape index (κ1) is 14.4. The summed E-state index contributed by atoms with van der Waals surface area (Å²) in [6, 6.07) is 7.11. The van der Waals surface area contributed by atoms with Gasteiger partial charge >= 0.3 is 0 Å². The van der Waals surface area contributed by atoms with Gasteiger partial charge in [-0.15, -0.1) is 10.2 Å². The Balaban J connectivity index is 2.32. The minimum atomic E-state index is -2.73. The largest absolute Gasteiger partial charge is 0.497 e. The third kappa shape index (κ3) is 3.13. The number of benzene rings is 1. The second-order valence-electron chi connectivity index (χ2n) is 3.68. The van der Waals surface area contributed by atoms with Crippen molar-refractivity contribution in [2.45, 2.75) is 11.6 Å². The molecule has 0 aliphatic carbocycles. The number of ether oxygens (including phenoxy) is 1. The molecule has 0 aliphatic heterocycles. The number of nitrogens with zero attached hydrogens (tertiary/aromatic N) is 4. The molecule has 0 saturated carbocycles. The summed E-state index contributed by atoms with van der Waals surface area (Å²) in [6.07, 6.45) is 0.444. The molecule has 0 radical (unpaired) electrons. The highest BCUT2D eigenvalue weighted by Gasteiger charge is 2.19. The first-order chi connectivity index (χ1) is 9.65. The summed E-state index contributed by atoms with van der Waals surface area (Å²) < 4.78 is 31.7. The maximum atomic E-state index is 12.8. The number of aromatic nitrogens is 3. The first-order valence-electron chi connectivity index (χ1n) is 5.61. The smallest absolute Gasteiger partial charge is 0.299 e. The van der Waals surface area contributed by atoms with E-state index in [1.54, 1.807) is 37.6 Å². The Morgan fingerprint density at radius 1 is 1.40 bits per heavy atom. The van der Waals surface area contributed by atoms with E-state index in [2.05, 4.69) is 15.3 Å². The van der Waals surface area contributed by atoms with Crippen molar-refractivity contribution in [2.24, 2.45) is 5.10 Å². The van der Waals surface area contributed by atoms with Crippen LogP contribution in [0, 0.1) is 0 Å². The van der Waals surface area contributed by atoms with Gasteiger partial charge < -0.3 is 4.74 Å². The van der Waals surface area contributed by atoms with Gasteiger partial charge in [0.05, 0.1) is 13.3 Å². The van der Waals surface area contributed by atoms with Crippen LogP contribution >= 0.6 is 11.8 Å². The zero-order valence-electron chi connectivity index (χ0n) is 10.8. The van der Waals surface area contributed by atoms with Gasteiger partial charge in [0.1, 0.15) is 5.75 Å². The van der Waals surface area contributed by atoms with Gasteiger partial charge in [-0.3, -0.25) is 0 Å². The molecule has 2 aromatic rings. The fraction of sp³-hybridized carbons (Fsp3) is 0.250. The molecule has 8 heteroatoms. The van der Waals surface area contributed by atoms with Crippen LogP contribution in [0.4, 0.5) is 8.78 Å². The van der Waals surface area contributed by atoms with E-state index in [1.165, 1.54) is 18.0 Å². The van der Waals surface area contributed by atoms with Crippen molar-refractivity contribution >= 4 is 18.0 Å². The summed E-state index contributed by atoms with van der Waals surface area (Å²) >= 11 is 1.19. The van der Waals surface area contributed by atoms with Gasteiger partial charge in [-0.2, -0.15) is 9.78 Å². The minimum absolute atomic E-state index is 0.305. The van der Waals surface area contributed by atoms with Crippen LogP contribution in [0.1, 0.15) is 17.8 Å². The van der Waals surface area contributed by atoms with Gasteiger partial charge in [0.15, 0.2) is 0 Å². The lowest BCUT2D eigenvalue weighted by atomic mass is 10.2. The van der Waals surface area contributed by atoms with E-state index in [4.69, 9.17) is 4.74 Å². The number of hydrogen-bond acceptors (Lipinski definition) is 5. The lowest BCUT2D eigenvalue weighted by Crippen LogP contribution is -2.00. The van der Waals surface area contributed by atoms with Crippen molar-refractivity contribution in [3.63, 3.8) is 0 Å². The van der Waals surface area contributed by atoms with Crippen LogP contribution in [-0.4, -0.2) is 34.5 Å². The minimum Gasteiger partial charge on any atom is -0.497 e. The highest BCUT2D eigenvalue weighted by atomic mass is 32.2. The van der Waals surface area contributed by atoms with E-state index in [-0.39, 0.29) is 0 Å². The van der Waals surface area contributed by atoms with Crippen molar-refractivity contribution in [3.8, 4) is 5.75 Å². The lowest BCUT2D eigenvalue weighted by Gasteiger charge is -2.02. The normalized spacial score (nSPS) is 11.4. The molecule has 0 N–H and O–H groups in total. The van der Waals surface area contributed by atoms with Crippen LogP contribution in [0.2, 0.25) is 0 Å². The van der Waals surface area contributed by atoms with Crippen molar-refractivity contribution in [3.05, 3.63) is 35.7 Å². The molecule has 0 unspecified atom stereocenters. The topological polar surface area (TPSA) is 52.3 Å². The Bertz CT molecular complexity index is 615. The second kappa shape index (κ2) is 6.47. The molecule has 5 nitrogen and oxygen atoms in total. The average molecular weight is 298 g/mol. The molecule has 0 amide bonds. The van der Waals surface area contributed by atoms with Gasteiger partial charge in [-0.1, -0.05) is 23.9 Å². The Labute approximate surface area is 118 Å². The average Bonchev–Trinajstić information content (AvgIpc) is 2.88. The van der Waals surface area contributed by atoms with E-state index >= 15 is 0 Å². The summed E-state index contributed by atoms with van der Waals surface area (Å²) in [4.78, 5) is 0. The maximum absolute atomic E-state index is 12.8. The van der Waals surface area contributed by atoms with Crippen molar-refractivity contribution in [1.29, 1.82) is 0 Å². The Morgan fingerprint density at radius 3 is 2.85 bits per heavy atom. The predicted molar refractivity (Wildman–Crippen MR) is 72.7 cm³/mol. The van der Waals surface area contributed by atoms with E-state index < -0.39 is 12.2 Å². The van der Waals surface area contributed by atoms with Gasteiger partial charge in [0.25, 0.3) is 6.43 Å². The monoisotopic (exact) mass is 298 g/mol. The second-order valence-corrected chi connectivity index (χ2v) is 4.45. The predicted octanol–water partition coefficient (Wildman–Crippen LogP) is 2.83. The first-order valence-corrected chi connectivity index (χ1v) is 6.84. The van der Waals surface area contributed by atoms with Crippen molar-refractivity contribution < 1.29 is 13.5 Å². The maximum Gasteiger partial charge on any atom is 0.299 e. The standard InChI is InChI=1S/C12H12F2N4OS/c1-19-9-5-3-4-8(6-9)7-15-18-11(10(13)14)16-17-12(18)20-2/h3-7,10H,1-2H3/b15-7+. The summed E-state index contributed by atoms with van der Waals surface area (Å²) in [5.74, 6) is 0.186. The number of alkyl halides is 2. The van der Waals surface area contributed by atoms with E-state index in [1.807, 2.05) is 0 Å². The van der Waals surface area contributed by atoms with Gasteiger partial charge in [0, 0.05) is 0 Å². The van der Waals surface area contributed by atoms with Gasteiger partial charge in [-0.25, -0.2) is 8.78 Å². The number of rotatable bonds is 5. The third-order valence-electron chi connectivity index (χ3n) is 2.43. The van der Waals surface area contributed by atoms with Crippen molar-refractivity contribution in [1.82, 2.24) is 14.9 Å². The van der Waals surface area contributed by atoms with Crippen LogP contribution in [0.3, 0.4) is 0 Å². The zero-order valence-corrected chi connectivity index (χ0v) is 11.6. The van der Waals surface area contributed by atoms with E-state index in [9.17, 15) is 8.78 Å². The molecule has 0 atom stereocenters. The molecule has 1 heterocycles. The molecule has 20 heavy (non-hydrogen) atoms. The molecular weight excluding hydrogens is 286 g/mol. The van der Waals surface area contributed by atoms with Gasteiger partial charge in [-0.05, 0) is 24.0 Å². The molecule has 0 spiro atoms.